The summed E-state index contributed by atoms with van der Waals surface area (Å²) in [5.74, 6) is 1.06. The van der Waals surface area contributed by atoms with Gasteiger partial charge >= 0.3 is 0 Å². The maximum atomic E-state index is 13.8. The van der Waals surface area contributed by atoms with Crippen molar-refractivity contribution in [3.63, 3.8) is 0 Å². The molecule has 1 aromatic carbocycles. The number of benzene rings is 1. The number of aliphatic hydroxyl groups excluding tert-OH is 1. The van der Waals surface area contributed by atoms with E-state index in [0.29, 0.717) is 35.2 Å². The summed E-state index contributed by atoms with van der Waals surface area (Å²) in [5, 5.41) is 17.1. The molecule has 7 rings (SSSR count). The van der Waals surface area contributed by atoms with Crippen LogP contribution in [-0.4, -0.2) is 44.8 Å². The number of nitrogens with zero attached hydrogens (tertiary/aromatic N) is 4. The van der Waals surface area contributed by atoms with Crippen molar-refractivity contribution in [1.82, 2.24) is 19.4 Å². The minimum atomic E-state index is -0.237. The lowest BCUT2D eigenvalue weighted by Crippen LogP contribution is -2.39. The van der Waals surface area contributed by atoms with Crippen LogP contribution in [0.4, 0.5) is 17.2 Å². The van der Waals surface area contributed by atoms with Crippen LogP contribution >= 0.6 is 0 Å². The third-order valence-electron chi connectivity index (χ3n) is 8.80. The fourth-order valence-electron chi connectivity index (χ4n) is 6.45. The highest BCUT2D eigenvalue weighted by atomic mass is 16.3. The van der Waals surface area contributed by atoms with Crippen LogP contribution in [0.1, 0.15) is 51.6 Å². The number of amides is 1. The zero-order chi connectivity index (χ0) is 28.1. The lowest BCUT2D eigenvalue weighted by molar-refractivity contribution is 0.0979. The van der Waals surface area contributed by atoms with E-state index >= 15 is 0 Å². The highest BCUT2D eigenvalue weighted by Crippen LogP contribution is 2.36. The van der Waals surface area contributed by atoms with Crippen LogP contribution in [0, 0.1) is 0 Å². The Bertz CT molecular complexity index is 1700. The number of anilines is 3. The van der Waals surface area contributed by atoms with E-state index in [0.717, 1.165) is 67.7 Å². The molecule has 3 aliphatic rings. The monoisotopic (exact) mass is 550 g/mol. The third-order valence-corrected chi connectivity index (χ3v) is 8.80. The molecule has 1 amide bonds. The SMILES string of the molecule is Cn1cc(-c2cccc(N3CCc4c(cc5n4CCCC5)C3=O)c2CO)cc(Nc2ccc(C3CNC3)cn2)c1=O. The molecular formula is C32H34N6O3. The zero-order valence-corrected chi connectivity index (χ0v) is 23.2. The van der Waals surface area contributed by atoms with Crippen LogP contribution in [-0.2, 0) is 33.0 Å². The minimum absolute atomic E-state index is 0.0185. The molecule has 9 nitrogen and oxygen atoms in total. The fourth-order valence-corrected chi connectivity index (χ4v) is 6.45. The predicted octanol–water partition coefficient (Wildman–Crippen LogP) is 3.71. The van der Waals surface area contributed by atoms with E-state index in [-0.39, 0.29) is 18.1 Å². The van der Waals surface area contributed by atoms with Crippen molar-refractivity contribution in [2.45, 2.75) is 44.8 Å². The van der Waals surface area contributed by atoms with E-state index in [9.17, 15) is 14.7 Å². The summed E-state index contributed by atoms with van der Waals surface area (Å²) in [6, 6.07) is 13.5. The normalized spacial score (nSPS) is 16.7. The highest BCUT2D eigenvalue weighted by molar-refractivity contribution is 6.09. The molecule has 210 valence electrons. The lowest BCUT2D eigenvalue weighted by atomic mass is 9.95. The number of aromatic nitrogens is 3. The van der Waals surface area contributed by atoms with Gasteiger partial charge in [-0.3, -0.25) is 9.59 Å². The smallest absolute Gasteiger partial charge is 0.274 e. The summed E-state index contributed by atoms with van der Waals surface area (Å²) >= 11 is 0. The molecule has 4 aromatic rings. The summed E-state index contributed by atoms with van der Waals surface area (Å²) in [6.07, 6.45) is 7.74. The van der Waals surface area contributed by atoms with Crippen LogP contribution in [0.3, 0.4) is 0 Å². The summed E-state index contributed by atoms with van der Waals surface area (Å²) in [4.78, 5) is 33.2. The molecule has 3 aromatic heterocycles. The molecule has 6 heterocycles. The second kappa shape index (κ2) is 10.3. The first-order valence-corrected chi connectivity index (χ1v) is 14.4. The van der Waals surface area contributed by atoms with Gasteiger partial charge in [-0.25, -0.2) is 4.98 Å². The second-order valence-electron chi connectivity index (χ2n) is 11.3. The van der Waals surface area contributed by atoms with E-state index < -0.39 is 0 Å². The standard InChI is InChI=1S/C32H34N6O3/c1-36-18-21(13-27(32(36)41)35-30-9-8-20(17-34-30)22-15-33-16-22)24-6-4-7-28(26(24)19-39)38-12-10-29-25(31(38)40)14-23-5-2-3-11-37(23)29/h4,6-9,13-14,17-18,22,33,39H,2-3,5,10-12,15-16,19H2,1H3,(H,34,35). The summed E-state index contributed by atoms with van der Waals surface area (Å²) in [5.41, 5.74) is 7.48. The molecule has 9 heteroatoms. The van der Waals surface area contributed by atoms with Crippen LogP contribution in [0.15, 0.2) is 59.7 Å². The van der Waals surface area contributed by atoms with Gasteiger partial charge in [0.15, 0.2) is 0 Å². The number of nitrogens with one attached hydrogen (secondary N) is 2. The third kappa shape index (κ3) is 4.45. The predicted molar refractivity (Wildman–Crippen MR) is 159 cm³/mol. The summed E-state index contributed by atoms with van der Waals surface area (Å²) in [7, 11) is 1.71. The number of hydrogen-bond donors (Lipinski definition) is 3. The first-order valence-electron chi connectivity index (χ1n) is 14.4. The summed E-state index contributed by atoms with van der Waals surface area (Å²) < 4.78 is 3.87. The minimum Gasteiger partial charge on any atom is -0.392 e. The second-order valence-corrected chi connectivity index (χ2v) is 11.3. The Kier molecular flexibility index (Phi) is 6.48. The molecule has 0 radical (unpaired) electrons. The Hall–Kier alpha value is -4.21. The number of aliphatic hydroxyl groups is 1. The first-order chi connectivity index (χ1) is 20.0. The molecule has 1 saturated heterocycles. The van der Waals surface area contributed by atoms with Gasteiger partial charge in [0, 0.05) is 80.5 Å². The van der Waals surface area contributed by atoms with Gasteiger partial charge in [0.1, 0.15) is 11.5 Å². The summed E-state index contributed by atoms with van der Waals surface area (Å²) in [6.45, 7) is 3.22. The molecule has 0 atom stereocenters. The van der Waals surface area contributed by atoms with Crippen molar-refractivity contribution in [2.75, 3.05) is 29.9 Å². The molecule has 3 aliphatic heterocycles. The Labute approximate surface area is 238 Å². The van der Waals surface area contributed by atoms with Gasteiger partial charge in [0.25, 0.3) is 11.5 Å². The quantitative estimate of drug-likeness (QED) is 0.338. The van der Waals surface area contributed by atoms with Gasteiger partial charge in [0.2, 0.25) is 0 Å². The molecule has 0 aliphatic carbocycles. The van der Waals surface area contributed by atoms with Crippen LogP contribution in [0.25, 0.3) is 11.1 Å². The zero-order valence-electron chi connectivity index (χ0n) is 23.2. The van der Waals surface area contributed by atoms with Gasteiger partial charge in [-0.05, 0) is 54.7 Å². The number of fused-ring (bicyclic) bond motifs is 3. The molecule has 0 saturated carbocycles. The van der Waals surface area contributed by atoms with Gasteiger partial charge in [-0.15, -0.1) is 0 Å². The largest absolute Gasteiger partial charge is 0.392 e. The van der Waals surface area contributed by atoms with Crippen molar-refractivity contribution in [3.05, 3.63) is 93.3 Å². The van der Waals surface area contributed by atoms with Crippen molar-refractivity contribution in [1.29, 1.82) is 0 Å². The van der Waals surface area contributed by atoms with Crippen molar-refractivity contribution in [3.8, 4) is 11.1 Å². The van der Waals surface area contributed by atoms with E-state index in [4.69, 9.17) is 0 Å². The number of hydrogen-bond acceptors (Lipinski definition) is 6. The molecule has 3 N–H and O–H groups in total. The van der Waals surface area contributed by atoms with E-state index in [1.54, 1.807) is 24.2 Å². The van der Waals surface area contributed by atoms with E-state index in [2.05, 4.69) is 26.3 Å². The van der Waals surface area contributed by atoms with Gasteiger partial charge in [-0.2, -0.15) is 0 Å². The van der Waals surface area contributed by atoms with Crippen LogP contribution < -0.4 is 21.1 Å². The van der Waals surface area contributed by atoms with Crippen LogP contribution in [0.5, 0.6) is 0 Å². The van der Waals surface area contributed by atoms with E-state index in [1.165, 1.54) is 15.8 Å². The highest BCUT2D eigenvalue weighted by Gasteiger charge is 2.32. The van der Waals surface area contributed by atoms with Gasteiger partial charge in [-0.1, -0.05) is 18.2 Å². The van der Waals surface area contributed by atoms with Crippen molar-refractivity contribution in [2.24, 2.45) is 7.05 Å². The molecular weight excluding hydrogens is 516 g/mol. The number of rotatable bonds is 6. The maximum Gasteiger partial charge on any atom is 0.274 e. The van der Waals surface area contributed by atoms with Crippen molar-refractivity contribution >= 4 is 23.1 Å². The number of carbonyl (C=O) groups is 1. The Morgan fingerprint density at radius 2 is 1.93 bits per heavy atom. The average Bonchev–Trinajstić information content (AvgIpc) is 3.35. The van der Waals surface area contributed by atoms with Crippen molar-refractivity contribution < 1.29 is 9.90 Å². The molecule has 0 bridgehead atoms. The average molecular weight is 551 g/mol. The topological polar surface area (TPSA) is 104 Å². The molecule has 0 unspecified atom stereocenters. The van der Waals surface area contributed by atoms with Gasteiger partial charge in [0.05, 0.1) is 17.9 Å². The maximum absolute atomic E-state index is 13.8. The molecule has 0 spiro atoms. The van der Waals surface area contributed by atoms with E-state index in [1.807, 2.05) is 36.5 Å². The fraction of sp³-hybridized carbons (Fsp3) is 0.344. The molecule has 41 heavy (non-hydrogen) atoms. The Balaban J connectivity index is 1.22. The van der Waals surface area contributed by atoms with Crippen LogP contribution in [0.2, 0.25) is 0 Å². The Morgan fingerprint density at radius 3 is 2.68 bits per heavy atom. The number of carbonyl (C=O) groups excluding carboxylic acids is 1. The number of pyridine rings is 2. The number of aryl methyl sites for hydroxylation is 2. The molecule has 1 fully saturated rings. The lowest BCUT2D eigenvalue weighted by Gasteiger charge is -2.30. The Morgan fingerprint density at radius 1 is 1.05 bits per heavy atom. The first kappa shape index (κ1) is 25.7. The van der Waals surface area contributed by atoms with Gasteiger partial charge < -0.3 is 29.8 Å².